The molecule has 0 fully saturated rings. The van der Waals surface area contributed by atoms with Gasteiger partial charge in [0.05, 0.1) is 6.61 Å². The van der Waals surface area contributed by atoms with Gasteiger partial charge in [-0.05, 0) is 31.5 Å². The molecule has 17 heavy (non-hydrogen) atoms. The van der Waals surface area contributed by atoms with Crippen LogP contribution in [0.4, 0.5) is 0 Å². The van der Waals surface area contributed by atoms with Crippen LogP contribution in [0.3, 0.4) is 0 Å². The van der Waals surface area contributed by atoms with Gasteiger partial charge >= 0.3 is 5.63 Å². The summed E-state index contributed by atoms with van der Waals surface area (Å²) in [5, 5.41) is 9.57. The molecule has 0 saturated heterocycles. The smallest absolute Gasteiger partial charge is 0.339 e. The molecule has 2 aromatic rings. The van der Waals surface area contributed by atoms with Crippen LogP contribution in [0.15, 0.2) is 27.4 Å². The Hall–Kier alpha value is -1.81. The first-order valence-corrected chi connectivity index (χ1v) is 5.41. The summed E-state index contributed by atoms with van der Waals surface area (Å²) in [6.45, 7) is 3.81. The Bertz CT molecular complexity index is 598. The second kappa shape index (κ2) is 4.59. The van der Waals surface area contributed by atoms with Gasteiger partial charge in [0.15, 0.2) is 0 Å². The van der Waals surface area contributed by atoms with Crippen molar-refractivity contribution in [2.45, 2.75) is 13.8 Å². The first-order valence-electron chi connectivity index (χ1n) is 5.41. The minimum atomic E-state index is -0.325. The van der Waals surface area contributed by atoms with E-state index in [9.17, 15) is 4.79 Å². The minimum absolute atomic E-state index is 0.0467. The summed E-state index contributed by atoms with van der Waals surface area (Å²) in [7, 11) is 0. The lowest BCUT2D eigenvalue weighted by Crippen LogP contribution is -2.06. The van der Waals surface area contributed by atoms with Crippen molar-refractivity contribution in [1.82, 2.24) is 0 Å². The highest BCUT2D eigenvalue weighted by molar-refractivity contribution is 5.82. The molecular weight excluding hydrogens is 220 g/mol. The van der Waals surface area contributed by atoms with Gasteiger partial charge in [0.1, 0.15) is 17.9 Å². The summed E-state index contributed by atoms with van der Waals surface area (Å²) in [5.74, 6) is 0.581. The fourth-order valence-electron chi connectivity index (χ4n) is 1.68. The van der Waals surface area contributed by atoms with Crippen LogP contribution in [0.2, 0.25) is 0 Å². The van der Waals surface area contributed by atoms with E-state index < -0.39 is 0 Å². The summed E-state index contributed by atoms with van der Waals surface area (Å²) >= 11 is 0. The molecule has 0 bridgehead atoms. The summed E-state index contributed by atoms with van der Waals surface area (Å²) in [6.07, 6.45) is 0. The molecule has 1 aromatic heterocycles. The molecule has 0 unspecified atom stereocenters. The second-order valence-corrected chi connectivity index (χ2v) is 3.87. The van der Waals surface area contributed by atoms with E-state index in [-0.39, 0.29) is 18.8 Å². The summed E-state index contributed by atoms with van der Waals surface area (Å²) in [6, 6.07) is 5.32. The van der Waals surface area contributed by atoms with Gasteiger partial charge in [-0.1, -0.05) is 0 Å². The molecule has 4 nitrogen and oxygen atoms in total. The van der Waals surface area contributed by atoms with Crippen LogP contribution in [-0.4, -0.2) is 18.3 Å². The van der Waals surface area contributed by atoms with E-state index in [0.717, 1.165) is 10.9 Å². The van der Waals surface area contributed by atoms with Gasteiger partial charge in [0.2, 0.25) is 0 Å². The molecule has 90 valence electrons. The highest BCUT2D eigenvalue weighted by Crippen LogP contribution is 2.23. The fourth-order valence-corrected chi connectivity index (χ4v) is 1.68. The maximum atomic E-state index is 11.5. The van der Waals surface area contributed by atoms with Gasteiger partial charge in [-0.15, -0.1) is 0 Å². The molecule has 0 spiro atoms. The predicted octanol–water partition coefficient (Wildman–Crippen LogP) is 1.78. The summed E-state index contributed by atoms with van der Waals surface area (Å²) < 4.78 is 10.5. The maximum absolute atomic E-state index is 11.5. The van der Waals surface area contributed by atoms with Gasteiger partial charge in [-0.25, -0.2) is 4.79 Å². The lowest BCUT2D eigenvalue weighted by atomic mass is 10.1. The zero-order valence-corrected chi connectivity index (χ0v) is 9.82. The Kier molecular flexibility index (Phi) is 3.15. The molecule has 0 atom stereocenters. The SMILES string of the molecule is Cc1c(C)c2ccc(OCCO)cc2oc1=O. The van der Waals surface area contributed by atoms with Crippen molar-refractivity contribution in [2.75, 3.05) is 13.2 Å². The number of hydrogen-bond acceptors (Lipinski definition) is 4. The van der Waals surface area contributed by atoms with Gasteiger partial charge in [-0.3, -0.25) is 0 Å². The van der Waals surface area contributed by atoms with Gasteiger partial charge in [0, 0.05) is 17.0 Å². The average Bonchev–Trinajstić information content (AvgIpc) is 2.33. The maximum Gasteiger partial charge on any atom is 0.339 e. The Balaban J connectivity index is 2.55. The molecule has 0 radical (unpaired) electrons. The van der Waals surface area contributed by atoms with Gasteiger partial charge in [-0.2, -0.15) is 0 Å². The number of aliphatic hydroxyl groups is 1. The number of benzene rings is 1. The molecule has 0 aliphatic carbocycles. The highest BCUT2D eigenvalue weighted by Gasteiger charge is 2.08. The standard InChI is InChI=1S/C13H14O4/c1-8-9(2)13(15)17-12-7-10(16-6-5-14)3-4-11(8)12/h3-4,7,14H,5-6H2,1-2H3. The minimum Gasteiger partial charge on any atom is -0.491 e. The van der Waals surface area contributed by atoms with Crippen LogP contribution in [-0.2, 0) is 0 Å². The van der Waals surface area contributed by atoms with Crippen molar-refractivity contribution in [3.63, 3.8) is 0 Å². The van der Waals surface area contributed by atoms with Gasteiger partial charge < -0.3 is 14.3 Å². The van der Waals surface area contributed by atoms with Crippen molar-refractivity contribution >= 4 is 11.0 Å². The Morgan fingerprint density at radius 1 is 1.29 bits per heavy atom. The van der Waals surface area contributed by atoms with E-state index in [1.807, 2.05) is 13.0 Å². The largest absolute Gasteiger partial charge is 0.491 e. The van der Waals surface area contributed by atoms with Crippen molar-refractivity contribution in [2.24, 2.45) is 0 Å². The van der Waals surface area contributed by atoms with Crippen LogP contribution in [0.5, 0.6) is 5.75 Å². The molecular formula is C13H14O4. The van der Waals surface area contributed by atoms with E-state index in [0.29, 0.717) is 16.9 Å². The Labute approximate surface area is 98.4 Å². The van der Waals surface area contributed by atoms with E-state index in [1.54, 1.807) is 19.1 Å². The van der Waals surface area contributed by atoms with Crippen LogP contribution < -0.4 is 10.4 Å². The lowest BCUT2D eigenvalue weighted by molar-refractivity contribution is 0.201. The topological polar surface area (TPSA) is 59.7 Å². The third-order valence-corrected chi connectivity index (χ3v) is 2.79. The number of ether oxygens (including phenoxy) is 1. The molecule has 0 aliphatic rings. The van der Waals surface area contributed by atoms with Crippen LogP contribution in [0.1, 0.15) is 11.1 Å². The van der Waals surface area contributed by atoms with Gasteiger partial charge in [0.25, 0.3) is 0 Å². The Morgan fingerprint density at radius 3 is 2.76 bits per heavy atom. The zero-order chi connectivity index (χ0) is 12.4. The van der Waals surface area contributed by atoms with E-state index in [4.69, 9.17) is 14.3 Å². The van der Waals surface area contributed by atoms with E-state index >= 15 is 0 Å². The quantitative estimate of drug-likeness (QED) is 0.822. The number of fused-ring (bicyclic) bond motifs is 1. The highest BCUT2D eigenvalue weighted by atomic mass is 16.5. The first-order chi connectivity index (χ1) is 8.13. The van der Waals surface area contributed by atoms with Crippen molar-refractivity contribution in [3.05, 3.63) is 39.7 Å². The van der Waals surface area contributed by atoms with E-state index in [2.05, 4.69) is 0 Å². The predicted molar refractivity (Wildman–Crippen MR) is 64.5 cm³/mol. The van der Waals surface area contributed by atoms with Crippen LogP contribution in [0.25, 0.3) is 11.0 Å². The molecule has 0 aliphatic heterocycles. The summed E-state index contributed by atoms with van der Waals surface area (Å²) in [5.41, 5.74) is 1.73. The number of rotatable bonds is 3. The van der Waals surface area contributed by atoms with Crippen molar-refractivity contribution in [3.8, 4) is 5.75 Å². The fraction of sp³-hybridized carbons (Fsp3) is 0.308. The van der Waals surface area contributed by atoms with Crippen LogP contribution in [0, 0.1) is 13.8 Å². The molecule has 1 aromatic carbocycles. The monoisotopic (exact) mass is 234 g/mol. The summed E-state index contributed by atoms with van der Waals surface area (Å²) in [4.78, 5) is 11.5. The van der Waals surface area contributed by atoms with E-state index in [1.165, 1.54) is 0 Å². The molecule has 2 rings (SSSR count). The molecule has 1 heterocycles. The molecule has 1 N–H and O–H groups in total. The molecule has 4 heteroatoms. The Morgan fingerprint density at radius 2 is 2.06 bits per heavy atom. The average molecular weight is 234 g/mol. The first kappa shape index (κ1) is 11.7. The normalized spacial score (nSPS) is 10.8. The second-order valence-electron chi connectivity index (χ2n) is 3.87. The number of aryl methyl sites for hydroxylation is 1. The molecule has 0 amide bonds. The van der Waals surface area contributed by atoms with Crippen molar-refractivity contribution < 1.29 is 14.3 Å². The van der Waals surface area contributed by atoms with Crippen molar-refractivity contribution in [1.29, 1.82) is 0 Å². The number of hydrogen-bond donors (Lipinski definition) is 1. The van der Waals surface area contributed by atoms with Crippen LogP contribution >= 0.6 is 0 Å². The number of aliphatic hydroxyl groups excluding tert-OH is 1. The molecule has 0 saturated carbocycles. The zero-order valence-electron chi connectivity index (χ0n) is 9.82. The third-order valence-electron chi connectivity index (χ3n) is 2.79. The third kappa shape index (κ3) is 2.17. The lowest BCUT2D eigenvalue weighted by Gasteiger charge is -2.07.